The number of esters is 1. The molecular weight excluding hydrogens is 330 g/mol. The van der Waals surface area contributed by atoms with E-state index in [0.717, 1.165) is 18.4 Å². The molecule has 0 spiro atoms. The largest absolute Gasteiger partial charge is 0.465 e. The number of carbonyl (C=O) groups excluding carboxylic acids is 2. The van der Waals surface area contributed by atoms with Crippen LogP contribution in [0, 0.1) is 0 Å². The van der Waals surface area contributed by atoms with Gasteiger partial charge in [-0.1, -0.05) is 23.8 Å². The average Bonchev–Trinajstić information content (AvgIpc) is 2.52. The summed E-state index contributed by atoms with van der Waals surface area (Å²) in [5, 5.41) is 0. The molecule has 26 heavy (non-hydrogen) atoms. The van der Waals surface area contributed by atoms with Gasteiger partial charge >= 0.3 is 12.1 Å². The fourth-order valence-electron chi connectivity index (χ4n) is 3.15. The Morgan fingerprint density at radius 2 is 1.77 bits per heavy atom. The number of hydrogen-bond donors (Lipinski definition) is 0. The van der Waals surface area contributed by atoms with Crippen molar-refractivity contribution >= 4 is 18.1 Å². The number of amides is 1. The number of benzene rings is 1. The first-order valence-electron chi connectivity index (χ1n) is 8.90. The molecule has 0 N–H and O–H groups in total. The predicted molar refractivity (Wildman–Crippen MR) is 102 cm³/mol. The zero-order chi connectivity index (χ0) is 19.5. The molecule has 0 aliphatic carbocycles. The van der Waals surface area contributed by atoms with Crippen LogP contribution in [0.4, 0.5) is 4.79 Å². The summed E-state index contributed by atoms with van der Waals surface area (Å²) < 4.78 is 10.3. The molecule has 0 unspecified atom stereocenters. The van der Waals surface area contributed by atoms with Crippen LogP contribution in [0.1, 0.15) is 63.4 Å². The van der Waals surface area contributed by atoms with E-state index in [4.69, 9.17) is 9.47 Å². The van der Waals surface area contributed by atoms with E-state index in [0.29, 0.717) is 12.1 Å². The molecule has 1 heterocycles. The van der Waals surface area contributed by atoms with E-state index in [-0.39, 0.29) is 17.6 Å². The molecule has 2 rings (SSSR count). The summed E-state index contributed by atoms with van der Waals surface area (Å²) in [5.74, 6) is -0.337. The van der Waals surface area contributed by atoms with Gasteiger partial charge in [-0.05, 0) is 65.2 Å². The molecule has 1 aromatic carbocycles. The van der Waals surface area contributed by atoms with Crippen LogP contribution < -0.4 is 0 Å². The van der Waals surface area contributed by atoms with Crippen molar-refractivity contribution in [2.45, 2.75) is 58.6 Å². The maximum atomic E-state index is 12.5. The van der Waals surface area contributed by atoms with E-state index in [1.54, 1.807) is 12.1 Å². The Bertz CT molecular complexity index is 696. The Morgan fingerprint density at radius 1 is 1.15 bits per heavy atom. The monoisotopic (exact) mass is 359 g/mol. The molecule has 5 heteroatoms. The van der Waals surface area contributed by atoms with Gasteiger partial charge in [0.15, 0.2) is 0 Å². The SMILES string of the molecule is COC(=O)c1ccc(C=C2CCN(C(=O)OC(C)(C)C)C(C)(C)C2)cc1. The van der Waals surface area contributed by atoms with Crippen LogP contribution in [0.5, 0.6) is 0 Å². The Kier molecular flexibility index (Phi) is 5.79. The molecule has 5 nitrogen and oxygen atoms in total. The number of carbonyl (C=O) groups is 2. The summed E-state index contributed by atoms with van der Waals surface area (Å²) in [6.07, 6.45) is 3.46. The second-order valence-corrected chi connectivity index (χ2v) is 8.29. The molecule has 1 aromatic rings. The smallest absolute Gasteiger partial charge is 0.410 e. The quantitative estimate of drug-likeness (QED) is 0.720. The molecule has 1 aliphatic heterocycles. The lowest BCUT2D eigenvalue weighted by molar-refractivity contribution is -0.000875. The zero-order valence-electron chi connectivity index (χ0n) is 16.6. The lowest BCUT2D eigenvalue weighted by Gasteiger charge is -2.43. The van der Waals surface area contributed by atoms with E-state index in [1.807, 2.05) is 37.8 Å². The third-order valence-corrected chi connectivity index (χ3v) is 4.36. The summed E-state index contributed by atoms with van der Waals surface area (Å²) in [6.45, 7) is 10.4. The van der Waals surface area contributed by atoms with E-state index in [1.165, 1.54) is 12.7 Å². The van der Waals surface area contributed by atoms with Gasteiger partial charge in [-0.25, -0.2) is 9.59 Å². The van der Waals surface area contributed by atoms with Gasteiger partial charge in [0.1, 0.15) is 5.60 Å². The van der Waals surface area contributed by atoms with Crippen molar-refractivity contribution in [1.29, 1.82) is 0 Å². The Labute approximate surface area is 156 Å². The summed E-state index contributed by atoms with van der Waals surface area (Å²) in [7, 11) is 1.37. The van der Waals surface area contributed by atoms with Crippen LogP contribution in [-0.4, -0.2) is 41.8 Å². The van der Waals surface area contributed by atoms with Gasteiger partial charge in [0.2, 0.25) is 0 Å². The number of methoxy groups -OCH3 is 1. The number of ether oxygens (including phenoxy) is 2. The van der Waals surface area contributed by atoms with Gasteiger partial charge < -0.3 is 14.4 Å². The second-order valence-electron chi connectivity index (χ2n) is 8.29. The Balaban J connectivity index is 2.09. The van der Waals surface area contributed by atoms with E-state index >= 15 is 0 Å². The highest BCUT2D eigenvalue weighted by Gasteiger charge is 2.37. The second kappa shape index (κ2) is 7.52. The molecule has 142 valence electrons. The number of likely N-dealkylation sites (tertiary alicyclic amines) is 1. The molecule has 0 radical (unpaired) electrons. The summed E-state index contributed by atoms with van der Waals surface area (Å²) in [6, 6.07) is 7.34. The normalized spacial score (nSPS) is 18.5. The van der Waals surface area contributed by atoms with Crippen LogP contribution in [0.3, 0.4) is 0 Å². The van der Waals surface area contributed by atoms with Crippen molar-refractivity contribution in [2.75, 3.05) is 13.7 Å². The van der Waals surface area contributed by atoms with Gasteiger partial charge in [-0.2, -0.15) is 0 Å². The average molecular weight is 359 g/mol. The fraction of sp³-hybridized carbons (Fsp3) is 0.524. The van der Waals surface area contributed by atoms with Crippen molar-refractivity contribution in [3.05, 3.63) is 41.0 Å². The topological polar surface area (TPSA) is 55.8 Å². The lowest BCUT2D eigenvalue weighted by atomic mass is 9.86. The lowest BCUT2D eigenvalue weighted by Crippen LogP contribution is -2.52. The number of piperidine rings is 1. The van der Waals surface area contributed by atoms with Crippen molar-refractivity contribution < 1.29 is 19.1 Å². The fourth-order valence-corrected chi connectivity index (χ4v) is 3.15. The van der Waals surface area contributed by atoms with Gasteiger partial charge in [0.05, 0.1) is 12.7 Å². The summed E-state index contributed by atoms with van der Waals surface area (Å²) >= 11 is 0. The predicted octanol–water partition coefficient (Wildman–Crippen LogP) is 4.67. The first-order valence-corrected chi connectivity index (χ1v) is 8.90. The first kappa shape index (κ1) is 20.0. The number of rotatable bonds is 2. The van der Waals surface area contributed by atoms with E-state index in [9.17, 15) is 9.59 Å². The standard InChI is InChI=1S/C21H29NO4/c1-20(2,3)26-19(24)22-12-11-16(14-21(22,4)5)13-15-7-9-17(10-8-15)18(23)25-6/h7-10,13H,11-12,14H2,1-6H3. The molecule has 0 saturated carbocycles. The molecule has 1 aliphatic rings. The molecule has 1 saturated heterocycles. The van der Waals surface area contributed by atoms with Crippen LogP contribution in [0.2, 0.25) is 0 Å². The van der Waals surface area contributed by atoms with Gasteiger partial charge in [0.25, 0.3) is 0 Å². The third kappa shape index (κ3) is 5.10. The highest BCUT2D eigenvalue weighted by molar-refractivity contribution is 5.89. The van der Waals surface area contributed by atoms with Crippen LogP contribution in [0.25, 0.3) is 6.08 Å². The zero-order valence-corrected chi connectivity index (χ0v) is 16.6. The maximum absolute atomic E-state index is 12.5. The highest BCUT2D eigenvalue weighted by atomic mass is 16.6. The molecule has 1 fully saturated rings. The van der Waals surface area contributed by atoms with Crippen LogP contribution in [0.15, 0.2) is 29.8 Å². The Hall–Kier alpha value is -2.30. The van der Waals surface area contributed by atoms with Gasteiger partial charge in [-0.3, -0.25) is 0 Å². The third-order valence-electron chi connectivity index (χ3n) is 4.36. The van der Waals surface area contributed by atoms with Crippen molar-refractivity contribution in [3.63, 3.8) is 0 Å². The maximum Gasteiger partial charge on any atom is 0.410 e. The van der Waals surface area contributed by atoms with Gasteiger partial charge in [-0.15, -0.1) is 0 Å². The van der Waals surface area contributed by atoms with E-state index < -0.39 is 5.60 Å². The first-order chi connectivity index (χ1) is 12.0. The molecule has 0 bridgehead atoms. The minimum absolute atomic E-state index is 0.260. The number of hydrogen-bond acceptors (Lipinski definition) is 4. The molecule has 0 aromatic heterocycles. The highest BCUT2D eigenvalue weighted by Crippen LogP contribution is 2.33. The Morgan fingerprint density at radius 3 is 2.27 bits per heavy atom. The minimum Gasteiger partial charge on any atom is -0.465 e. The van der Waals surface area contributed by atoms with Crippen LogP contribution >= 0.6 is 0 Å². The summed E-state index contributed by atoms with van der Waals surface area (Å²) in [4.78, 5) is 25.8. The molecule has 0 atom stereocenters. The number of nitrogens with zero attached hydrogens (tertiary/aromatic N) is 1. The van der Waals surface area contributed by atoms with Gasteiger partial charge in [0, 0.05) is 12.1 Å². The summed E-state index contributed by atoms with van der Waals surface area (Å²) in [5.41, 5.74) is 2.05. The molecular formula is C21H29NO4. The van der Waals surface area contributed by atoms with E-state index in [2.05, 4.69) is 19.9 Å². The van der Waals surface area contributed by atoms with Crippen molar-refractivity contribution in [1.82, 2.24) is 4.90 Å². The minimum atomic E-state index is -0.495. The van der Waals surface area contributed by atoms with Crippen molar-refractivity contribution in [3.8, 4) is 0 Å². The van der Waals surface area contributed by atoms with Crippen molar-refractivity contribution in [2.24, 2.45) is 0 Å². The molecule has 1 amide bonds. The van der Waals surface area contributed by atoms with Crippen LogP contribution in [-0.2, 0) is 9.47 Å².